The van der Waals surface area contributed by atoms with Crippen LogP contribution in [0.3, 0.4) is 0 Å². The molecule has 1 aromatic rings. The summed E-state index contributed by atoms with van der Waals surface area (Å²) in [6.45, 7) is 1.93. The molecule has 2 heterocycles. The normalized spacial score (nSPS) is 28.2. The first kappa shape index (κ1) is 10.6. The zero-order chi connectivity index (χ0) is 10.8. The maximum Gasteiger partial charge on any atom is 0.0537 e. The number of piperidine rings is 1. The van der Waals surface area contributed by atoms with Crippen molar-refractivity contribution < 1.29 is 0 Å². The smallest absolute Gasteiger partial charge is 0.0537 e. The SMILES string of the molecule is CN1CCC[C@H](CN)[C@H]1c1cnn(C)c1. The zero-order valence-electron chi connectivity index (χ0n) is 9.56. The van der Waals surface area contributed by atoms with E-state index in [1.165, 1.54) is 18.4 Å². The molecule has 0 bridgehead atoms. The Kier molecular flexibility index (Phi) is 3.07. The van der Waals surface area contributed by atoms with E-state index in [4.69, 9.17) is 5.73 Å². The third-order valence-electron chi connectivity index (χ3n) is 3.38. The van der Waals surface area contributed by atoms with Gasteiger partial charge in [-0.05, 0) is 38.9 Å². The Hall–Kier alpha value is -0.870. The summed E-state index contributed by atoms with van der Waals surface area (Å²) in [5.74, 6) is 0.577. The standard InChI is InChI=1S/C11H20N4/c1-14-5-3-4-9(6-12)11(14)10-7-13-15(2)8-10/h7-9,11H,3-6,12H2,1-2H3/t9-,11+/m1/s1. The summed E-state index contributed by atoms with van der Waals surface area (Å²) in [4.78, 5) is 2.40. The van der Waals surface area contributed by atoms with Crippen LogP contribution in [0.1, 0.15) is 24.4 Å². The fraction of sp³-hybridized carbons (Fsp3) is 0.727. The van der Waals surface area contributed by atoms with Crippen molar-refractivity contribution in [3.8, 4) is 0 Å². The summed E-state index contributed by atoms with van der Waals surface area (Å²) in [7, 11) is 4.14. The van der Waals surface area contributed by atoms with Gasteiger partial charge < -0.3 is 5.73 Å². The van der Waals surface area contributed by atoms with Crippen LogP contribution in [0.25, 0.3) is 0 Å². The number of hydrogen-bond donors (Lipinski definition) is 1. The number of likely N-dealkylation sites (tertiary alicyclic amines) is 1. The molecule has 1 aromatic heterocycles. The predicted octanol–water partition coefficient (Wildman–Crippen LogP) is 0.762. The van der Waals surface area contributed by atoms with E-state index in [0.717, 1.165) is 13.1 Å². The van der Waals surface area contributed by atoms with E-state index in [0.29, 0.717) is 12.0 Å². The Morgan fingerprint density at radius 1 is 1.53 bits per heavy atom. The maximum absolute atomic E-state index is 5.85. The van der Waals surface area contributed by atoms with Crippen LogP contribution in [0.4, 0.5) is 0 Å². The number of rotatable bonds is 2. The van der Waals surface area contributed by atoms with Crippen LogP contribution in [-0.4, -0.2) is 34.8 Å². The maximum atomic E-state index is 5.85. The minimum Gasteiger partial charge on any atom is -0.330 e. The topological polar surface area (TPSA) is 47.1 Å². The van der Waals surface area contributed by atoms with Crippen molar-refractivity contribution in [2.24, 2.45) is 18.7 Å². The monoisotopic (exact) mass is 208 g/mol. The van der Waals surface area contributed by atoms with Gasteiger partial charge >= 0.3 is 0 Å². The molecule has 2 rings (SSSR count). The molecular formula is C11H20N4. The van der Waals surface area contributed by atoms with Crippen LogP contribution in [0.2, 0.25) is 0 Å². The van der Waals surface area contributed by atoms with Gasteiger partial charge in [0, 0.05) is 24.8 Å². The molecule has 0 aliphatic carbocycles. The quantitative estimate of drug-likeness (QED) is 0.780. The summed E-state index contributed by atoms with van der Waals surface area (Å²) >= 11 is 0. The van der Waals surface area contributed by atoms with Gasteiger partial charge in [-0.2, -0.15) is 5.10 Å². The highest BCUT2D eigenvalue weighted by Gasteiger charge is 2.30. The molecule has 0 saturated carbocycles. The molecule has 0 spiro atoms. The highest BCUT2D eigenvalue weighted by Crippen LogP contribution is 2.33. The zero-order valence-corrected chi connectivity index (χ0v) is 9.56. The van der Waals surface area contributed by atoms with Gasteiger partial charge in [-0.25, -0.2) is 0 Å². The van der Waals surface area contributed by atoms with Gasteiger partial charge in [0.25, 0.3) is 0 Å². The lowest BCUT2D eigenvalue weighted by atomic mass is 9.86. The van der Waals surface area contributed by atoms with E-state index < -0.39 is 0 Å². The minimum atomic E-state index is 0.456. The molecule has 1 saturated heterocycles. The third kappa shape index (κ3) is 2.06. The molecule has 0 radical (unpaired) electrons. The van der Waals surface area contributed by atoms with Crippen molar-refractivity contribution in [3.05, 3.63) is 18.0 Å². The Balaban J connectivity index is 2.22. The number of aryl methyl sites for hydroxylation is 1. The van der Waals surface area contributed by atoms with Gasteiger partial charge in [-0.1, -0.05) is 0 Å². The molecule has 0 unspecified atom stereocenters. The van der Waals surface area contributed by atoms with Crippen LogP contribution >= 0.6 is 0 Å². The molecule has 2 N–H and O–H groups in total. The number of nitrogens with two attached hydrogens (primary N) is 1. The average molecular weight is 208 g/mol. The Morgan fingerprint density at radius 2 is 2.33 bits per heavy atom. The second-order valence-electron chi connectivity index (χ2n) is 4.51. The fourth-order valence-corrected chi connectivity index (χ4v) is 2.63. The molecule has 1 aliphatic heterocycles. The predicted molar refractivity (Wildman–Crippen MR) is 60.4 cm³/mol. The highest BCUT2D eigenvalue weighted by atomic mass is 15.2. The van der Waals surface area contributed by atoms with E-state index in [9.17, 15) is 0 Å². The van der Waals surface area contributed by atoms with Crippen LogP contribution in [-0.2, 0) is 7.05 Å². The number of aromatic nitrogens is 2. The Labute approximate surface area is 91.1 Å². The van der Waals surface area contributed by atoms with Crippen molar-refractivity contribution in [1.29, 1.82) is 0 Å². The Bertz CT molecular complexity index is 320. The minimum absolute atomic E-state index is 0.456. The summed E-state index contributed by atoms with van der Waals surface area (Å²) in [5.41, 5.74) is 7.15. The first-order valence-electron chi connectivity index (χ1n) is 5.61. The van der Waals surface area contributed by atoms with E-state index in [1.807, 2.05) is 17.9 Å². The molecule has 2 atom stereocenters. The summed E-state index contributed by atoms with van der Waals surface area (Å²) in [6, 6.07) is 0.456. The third-order valence-corrected chi connectivity index (χ3v) is 3.38. The van der Waals surface area contributed by atoms with Crippen LogP contribution in [0, 0.1) is 5.92 Å². The van der Waals surface area contributed by atoms with Gasteiger partial charge in [0.05, 0.1) is 6.20 Å². The van der Waals surface area contributed by atoms with Gasteiger partial charge in [-0.3, -0.25) is 9.58 Å². The lowest BCUT2D eigenvalue weighted by molar-refractivity contribution is 0.125. The van der Waals surface area contributed by atoms with Crippen molar-refractivity contribution >= 4 is 0 Å². The second kappa shape index (κ2) is 4.33. The van der Waals surface area contributed by atoms with Crippen LogP contribution < -0.4 is 5.73 Å². The molecule has 1 aliphatic rings. The van der Waals surface area contributed by atoms with E-state index in [1.54, 1.807) is 0 Å². The van der Waals surface area contributed by atoms with Crippen molar-refractivity contribution in [1.82, 2.24) is 14.7 Å². The van der Waals surface area contributed by atoms with Gasteiger partial charge in [-0.15, -0.1) is 0 Å². The van der Waals surface area contributed by atoms with E-state index in [2.05, 4.69) is 23.2 Å². The summed E-state index contributed by atoms with van der Waals surface area (Å²) in [5, 5.41) is 4.24. The van der Waals surface area contributed by atoms with E-state index >= 15 is 0 Å². The molecule has 4 nitrogen and oxygen atoms in total. The van der Waals surface area contributed by atoms with Crippen LogP contribution in [0.15, 0.2) is 12.4 Å². The molecule has 4 heteroatoms. The van der Waals surface area contributed by atoms with Crippen molar-refractivity contribution in [2.45, 2.75) is 18.9 Å². The lowest BCUT2D eigenvalue weighted by Gasteiger charge is -2.38. The molecule has 1 fully saturated rings. The Morgan fingerprint density at radius 3 is 2.93 bits per heavy atom. The molecule has 0 aromatic carbocycles. The molecule has 0 amide bonds. The van der Waals surface area contributed by atoms with Crippen molar-refractivity contribution in [2.75, 3.05) is 20.1 Å². The largest absolute Gasteiger partial charge is 0.330 e. The van der Waals surface area contributed by atoms with Gasteiger partial charge in [0.2, 0.25) is 0 Å². The van der Waals surface area contributed by atoms with Gasteiger partial charge in [0.1, 0.15) is 0 Å². The van der Waals surface area contributed by atoms with Gasteiger partial charge in [0.15, 0.2) is 0 Å². The molecule has 84 valence electrons. The highest BCUT2D eigenvalue weighted by molar-refractivity contribution is 5.13. The molecular weight excluding hydrogens is 188 g/mol. The number of nitrogens with zero attached hydrogens (tertiary/aromatic N) is 3. The summed E-state index contributed by atoms with van der Waals surface area (Å²) in [6.07, 6.45) is 6.57. The first-order valence-corrected chi connectivity index (χ1v) is 5.61. The molecule has 15 heavy (non-hydrogen) atoms. The lowest BCUT2D eigenvalue weighted by Crippen LogP contribution is -2.39. The van der Waals surface area contributed by atoms with Crippen LogP contribution in [0.5, 0.6) is 0 Å². The van der Waals surface area contributed by atoms with Crippen molar-refractivity contribution in [3.63, 3.8) is 0 Å². The fourth-order valence-electron chi connectivity index (χ4n) is 2.63. The second-order valence-corrected chi connectivity index (χ2v) is 4.51. The van der Waals surface area contributed by atoms with E-state index in [-0.39, 0.29) is 0 Å². The number of hydrogen-bond acceptors (Lipinski definition) is 3. The first-order chi connectivity index (χ1) is 7.22. The summed E-state index contributed by atoms with van der Waals surface area (Å²) < 4.78 is 1.87. The average Bonchev–Trinajstić information content (AvgIpc) is 2.64.